The van der Waals surface area contributed by atoms with E-state index in [1.807, 2.05) is 0 Å². The first kappa shape index (κ1) is 14.3. The van der Waals surface area contributed by atoms with E-state index < -0.39 is 19.3 Å². The van der Waals surface area contributed by atoms with Crippen LogP contribution in [0.3, 0.4) is 0 Å². The lowest BCUT2D eigenvalue weighted by Crippen LogP contribution is -2.37. The van der Waals surface area contributed by atoms with Crippen LogP contribution in [0.15, 0.2) is 14.2 Å². The van der Waals surface area contributed by atoms with E-state index in [2.05, 4.69) is 45.8 Å². The molecule has 1 aromatic rings. The second-order valence-electron chi connectivity index (χ2n) is 4.90. The van der Waals surface area contributed by atoms with Crippen molar-refractivity contribution in [3.8, 4) is 0 Å². The summed E-state index contributed by atoms with van der Waals surface area (Å²) in [6.07, 6.45) is 0. The van der Waals surface area contributed by atoms with E-state index in [-0.39, 0.29) is 11.3 Å². The Balaban J connectivity index is 2.62. The maximum atomic E-state index is 11.5. The molecular formula is C9H16BrN3O3Si. The molecule has 1 heterocycles. The van der Waals surface area contributed by atoms with Gasteiger partial charge < -0.3 is 4.74 Å². The first-order valence-corrected chi connectivity index (χ1v) is 9.74. The van der Waals surface area contributed by atoms with E-state index in [4.69, 9.17) is 4.74 Å². The predicted octanol–water partition coefficient (Wildman–Crippen LogP) is 1.01. The molecule has 0 fully saturated rings. The summed E-state index contributed by atoms with van der Waals surface area (Å²) < 4.78 is 6.39. The molecule has 0 saturated carbocycles. The first-order valence-electron chi connectivity index (χ1n) is 5.24. The standard InChI is InChI=1S/C9H16BrN3O3Si/c1-17(2,3)5-4-16-6-13-8(14)7(10)11-12-9(13)15/h4-6H2,1-3H3,(H,12,15). The number of nitrogens with one attached hydrogen (secondary N) is 1. The van der Waals surface area contributed by atoms with Gasteiger partial charge in [0.2, 0.25) is 0 Å². The highest BCUT2D eigenvalue weighted by atomic mass is 79.9. The lowest BCUT2D eigenvalue weighted by molar-refractivity contribution is 0.0808. The van der Waals surface area contributed by atoms with Crippen molar-refractivity contribution < 1.29 is 4.74 Å². The van der Waals surface area contributed by atoms with Crippen LogP contribution in [0.1, 0.15) is 0 Å². The zero-order chi connectivity index (χ0) is 13.1. The number of ether oxygens (including phenoxy) is 1. The van der Waals surface area contributed by atoms with Crippen molar-refractivity contribution in [3.05, 3.63) is 25.4 Å². The summed E-state index contributed by atoms with van der Waals surface area (Å²) in [7, 11) is -1.15. The Morgan fingerprint density at radius 2 is 2.06 bits per heavy atom. The van der Waals surface area contributed by atoms with Crippen LogP contribution >= 0.6 is 15.9 Å². The normalized spacial score (nSPS) is 11.8. The fourth-order valence-electron chi connectivity index (χ4n) is 1.06. The number of halogens is 1. The van der Waals surface area contributed by atoms with Crippen LogP contribution in [0.5, 0.6) is 0 Å². The van der Waals surface area contributed by atoms with Gasteiger partial charge in [-0.25, -0.2) is 14.5 Å². The molecule has 1 N–H and O–H groups in total. The lowest BCUT2D eigenvalue weighted by atomic mass is 10.8. The van der Waals surface area contributed by atoms with Gasteiger partial charge in [0.1, 0.15) is 6.73 Å². The van der Waals surface area contributed by atoms with Crippen molar-refractivity contribution in [1.82, 2.24) is 14.8 Å². The van der Waals surface area contributed by atoms with E-state index >= 15 is 0 Å². The molecule has 0 saturated heterocycles. The molecule has 0 aliphatic carbocycles. The third-order valence-electron chi connectivity index (χ3n) is 2.13. The Kier molecular flexibility index (Phi) is 4.84. The molecule has 8 heteroatoms. The van der Waals surface area contributed by atoms with Crippen LogP contribution in [0.2, 0.25) is 25.7 Å². The van der Waals surface area contributed by atoms with E-state index in [0.717, 1.165) is 10.6 Å². The van der Waals surface area contributed by atoms with Crippen LogP contribution in [0.25, 0.3) is 0 Å². The quantitative estimate of drug-likeness (QED) is 0.648. The molecule has 0 spiro atoms. The highest BCUT2D eigenvalue weighted by Crippen LogP contribution is 2.07. The van der Waals surface area contributed by atoms with E-state index in [0.29, 0.717) is 6.61 Å². The van der Waals surface area contributed by atoms with Crippen molar-refractivity contribution in [1.29, 1.82) is 0 Å². The Morgan fingerprint density at radius 3 is 2.65 bits per heavy atom. The summed E-state index contributed by atoms with van der Waals surface area (Å²) in [5.41, 5.74) is -1.05. The zero-order valence-electron chi connectivity index (χ0n) is 10.1. The van der Waals surface area contributed by atoms with Crippen molar-refractivity contribution in [2.24, 2.45) is 0 Å². The minimum Gasteiger partial charge on any atom is -0.361 e. The van der Waals surface area contributed by atoms with Gasteiger partial charge in [-0.05, 0) is 22.0 Å². The molecule has 0 aromatic carbocycles. The molecule has 0 atom stereocenters. The van der Waals surface area contributed by atoms with Gasteiger partial charge in [0.05, 0.1) is 0 Å². The second-order valence-corrected chi connectivity index (χ2v) is 11.3. The van der Waals surface area contributed by atoms with Gasteiger partial charge in [-0.15, -0.1) is 0 Å². The van der Waals surface area contributed by atoms with Gasteiger partial charge in [-0.2, -0.15) is 5.10 Å². The van der Waals surface area contributed by atoms with Gasteiger partial charge in [-0.1, -0.05) is 19.6 Å². The molecule has 0 aliphatic heterocycles. The summed E-state index contributed by atoms with van der Waals surface area (Å²) in [6, 6.07) is 0.992. The monoisotopic (exact) mass is 321 g/mol. The average molecular weight is 322 g/mol. The van der Waals surface area contributed by atoms with Crippen LogP contribution in [-0.2, 0) is 11.5 Å². The van der Waals surface area contributed by atoms with E-state index in [9.17, 15) is 9.59 Å². The van der Waals surface area contributed by atoms with Gasteiger partial charge in [-0.3, -0.25) is 4.79 Å². The number of H-pyrrole nitrogens is 1. The minimum absolute atomic E-state index is 0.0419. The van der Waals surface area contributed by atoms with Crippen LogP contribution in [-0.4, -0.2) is 29.4 Å². The highest BCUT2D eigenvalue weighted by Gasteiger charge is 2.12. The fourth-order valence-corrected chi connectivity index (χ4v) is 2.12. The zero-order valence-corrected chi connectivity index (χ0v) is 12.7. The molecule has 0 aliphatic rings. The average Bonchev–Trinajstić information content (AvgIpc) is 2.21. The SMILES string of the molecule is C[Si](C)(C)CCOCn1c(=O)[nH]nc(Br)c1=O. The summed E-state index contributed by atoms with van der Waals surface area (Å²) in [4.78, 5) is 22.9. The highest BCUT2D eigenvalue weighted by molar-refractivity contribution is 9.10. The number of hydrogen-bond donors (Lipinski definition) is 1. The Bertz CT molecular complexity index is 491. The molecule has 6 nitrogen and oxygen atoms in total. The van der Waals surface area contributed by atoms with Crippen LogP contribution in [0.4, 0.5) is 0 Å². The van der Waals surface area contributed by atoms with Gasteiger partial charge >= 0.3 is 5.69 Å². The topological polar surface area (TPSA) is 77.0 Å². The molecule has 0 unspecified atom stereocenters. The Labute approximate surface area is 108 Å². The number of aromatic nitrogens is 3. The van der Waals surface area contributed by atoms with Crippen molar-refractivity contribution in [2.45, 2.75) is 32.4 Å². The molecule has 0 amide bonds. The number of hydrogen-bond acceptors (Lipinski definition) is 4. The van der Waals surface area contributed by atoms with E-state index in [1.165, 1.54) is 0 Å². The van der Waals surface area contributed by atoms with Crippen molar-refractivity contribution in [3.63, 3.8) is 0 Å². The molecule has 96 valence electrons. The first-order chi connectivity index (χ1) is 7.81. The Hall–Kier alpha value is -0.733. The molecule has 1 aromatic heterocycles. The third-order valence-corrected chi connectivity index (χ3v) is 4.35. The van der Waals surface area contributed by atoms with Crippen LogP contribution in [0, 0.1) is 0 Å². The molecule has 0 radical (unpaired) electrons. The molecule has 0 bridgehead atoms. The summed E-state index contributed by atoms with van der Waals surface area (Å²) in [6.45, 7) is 7.22. The minimum atomic E-state index is -1.15. The molecule has 1 rings (SSSR count). The summed E-state index contributed by atoms with van der Waals surface area (Å²) in [5.74, 6) is 0. The van der Waals surface area contributed by atoms with Crippen molar-refractivity contribution in [2.75, 3.05) is 6.61 Å². The number of aromatic amines is 1. The summed E-state index contributed by atoms with van der Waals surface area (Å²) in [5, 5.41) is 5.71. The third kappa shape index (κ3) is 4.56. The summed E-state index contributed by atoms with van der Waals surface area (Å²) >= 11 is 2.96. The lowest BCUT2D eigenvalue weighted by Gasteiger charge is -2.15. The van der Waals surface area contributed by atoms with Crippen molar-refractivity contribution >= 4 is 24.0 Å². The van der Waals surface area contributed by atoms with Gasteiger partial charge in [0, 0.05) is 14.7 Å². The smallest absolute Gasteiger partial charge is 0.346 e. The predicted molar refractivity (Wildman–Crippen MR) is 70.9 cm³/mol. The number of rotatable bonds is 5. The fraction of sp³-hybridized carbons (Fsp3) is 0.667. The van der Waals surface area contributed by atoms with Gasteiger partial charge in [0.25, 0.3) is 5.56 Å². The largest absolute Gasteiger partial charge is 0.361 e. The number of nitrogens with zero attached hydrogens (tertiary/aromatic N) is 2. The molecular weight excluding hydrogens is 306 g/mol. The van der Waals surface area contributed by atoms with E-state index in [1.54, 1.807) is 0 Å². The Morgan fingerprint density at radius 1 is 1.41 bits per heavy atom. The maximum Gasteiger partial charge on any atom is 0.346 e. The van der Waals surface area contributed by atoms with Gasteiger partial charge in [0.15, 0.2) is 4.60 Å². The molecule has 17 heavy (non-hydrogen) atoms. The maximum absolute atomic E-state index is 11.5. The second kappa shape index (κ2) is 5.74. The van der Waals surface area contributed by atoms with Crippen LogP contribution < -0.4 is 11.2 Å².